The first-order valence-corrected chi connectivity index (χ1v) is 4.92. The fourth-order valence-corrected chi connectivity index (χ4v) is 1.53. The Labute approximate surface area is 83.0 Å². The normalized spacial score (nSPS) is 16.4. The summed E-state index contributed by atoms with van der Waals surface area (Å²) in [7, 11) is 0. The van der Waals surface area contributed by atoms with Gasteiger partial charge in [-0.1, -0.05) is 6.92 Å². The lowest BCUT2D eigenvalue weighted by atomic mass is 10.3. The second kappa shape index (κ2) is 3.74. The molecule has 1 saturated heterocycles. The largest absolute Gasteiger partial charge is 0.281 e. The number of aromatic nitrogens is 2. The van der Waals surface area contributed by atoms with Crippen LogP contribution in [0.5, 0.6) is 0 Å². The molecule has 0 N–H and O–H groups in total. The quantitative estimate of drug-likeness (QED) is 0.704. The monoisotopic (exact) mass is 191 g/mol. The summed E-state index contributed by atoms with van der Waals surface area (Å²) in [6.45, 7) is 2.81. The zero-order chi connectivity index (χ0) is 9.97. The molecule has 0 saturated carbocycles. The number of rotatable bonds is 2. The number of amides is 1. The van der Waals surface area contributed by atoms with E-state index in [1.807, 2.05) is 0 Å². The summed E-state index contributed by atoms with van der Waals surface area (Å²) in [5, 5.41) is 0. The molecule has 1 fully saturated rings. The molecule has 74 valence electrons. The number of carbonyl (C=O) groups is 1. The highest BCUT2D eigenvalue weighted by Gasteiger charge is 2.23. The molecular weight excluding hydrogens is 178 g/mol. The number of hydrogen-bond acceptors (Lipinski definition) is 3. The average Bonchev–Trinajstić information content (AvgIpc) is 2.65. The fraction of sp³-hybridized carbons (Fsp3) is 0.500. The molecule has 1 aromatic heterocycles. The fourth-order valence-electron chi connectivity index (χ4n) is 1.53. The van der Waals surface area contributed by atoms with Crippen LogP contribution in [0.3, 0.4) is 0 Å². The summed E-state index contributed by atoms with van der Waals surface area (Å²) in [6.07, 6.45) is 6.03. The summed E-state index contributed by atoms with van der Waals surface area (Å²) < 4.78 is 0. The van der Waals surface area contributed by atoms with E-state index in [1.54, 1.807) is 17.3 Å². The molecule has 4 heteroatoms. The Morgan fingerprint density at radius 3 is 2.64 bits per heavy atom. The predicted molar refractivity (Wildman–Crippen MR) is 53.0 cm³/mol. The topological polar surface area (TPSA) is 46.1 Å². The first-order valence-electron chi connectivity index (χ1n) is 4.92. The van der Waals surface area contributed by atoms with E-state index in [-0.39, 0.29) is 5.91 Å². The van der Waals surface area contributed by atoms with E-state index in [2.05, 4.69) is 16.9 Å². The molecule has 2 heterocycles. The number of carbonyl (C=O) groups excluding carboxylic acids is 1. The summed E-state index contributed by atoms with van der Waals surface area (Å²) >= 11 is 0. The van der Waals surface area contributed by atoms with Crippen molar-refractivity contribution in [1.82, 2.24) is 9.97 Å². The van der Waals surface area contributed by atoms with Gasteiger partial charge in [0.25, 0.3) is 0 Å². The lowest BCUT2D eigenvalue weighted by molar-refractivity contribution is -0.117. The van der Waals surface area contributed by atoms with Gasteiger partial charge >= 0.3 is 0 Å². The van der Waals surface area contributed by atoms with Gasteiger partial charge in [0, 0.05) is 25.4 Å². The maximum Gasteiger partial charge on any atom is 0.232 e. The molecule has 0 unspecified atom stereocenters. The molecule has 0 radical (unpaired) electrons. The standard InChI is InChI=1S/C10H13N3O/c1-2-8-6-11-10(12-7-8)13-5-3-4-9(13)14/h6-7H,2-5H2,1H3. The highest BCUT2D eigenvalue weighted by atomic mass is 16.2. The van der Waals surface area contributed by atoms with Crippen LogP contribution in [0.4, 0.5) is 5.95 Å². The zero-order valence-corrected chi connectivity index (χ0v) is 8.23. The number of anilines is 1. The Morgan fingerprint density at radius 2 is 2.14 bits per heavy atom. The van der Waals surface area contributed by atoms with E-state index in [0.717, 1.165) is 24.9 Å². The maximum atomic E-state index is 11.4. The van der Waals surface area contributed by atoms with Gasteiger partial charge < -0.3 is 0 Å². The number of aryl methyl sites for hydroxylation is 1. The Bertz CT molecular complexity index is 334. The molecule has 4 nitrogen and oxygen atoms in total. The minimum atomic E-state index is 0.134. The van der Waals surface area contributed by atoms with Crippen LogP contribution < -0.4 is 4.90 Å². The van der Waals surface area contributed by atoms with Crippen molar-refractivity contribution >= 4 is 11.9 Å². The van der Waals surface area contributed by atoms with Crippen molar-refractivity contribution in [3.63, 3.8) is 0 Å². The second-order valence-corrected chi connectivity index (χ2v) is 3.39. The minimum Gasteiger partial charge on any atom is -0.281 e. The molecule has 14 heavy (non-hydrogen) atoms. The molecule has 2 rings (SSSR count). The molecule has 0 atom stereocenters. The van der Waals surface area contributed by atoms with Gasteiger partial charge in [0.15, 0.2) is 0 Å². The predicted octanol–water partition coefficient (Wildman–Crippen LogP) is 1.17. The molecule has 1 aliphatic heterocycles. The van der Waals surface area contributed by atoms with Gasteiger partial charge in [0.05, 0.1) is 0 Å². The molecule has 0 spiro atoms. The van der Waals surface area contributed by atoms with Gasteiger partial charge in [0.1, 0.15) is 0 Å². The molecule has 0 aliphatic carbocycles. The summed E-state index contributed by atoms with van der Waals surface area (Å²) in [4.78, 5) is 21.4. The minimum absolute atomic E-state index is 0.134. The third-order valence-corrected chi connectivity index (χ3v) is 2.41. The van der Waals surface area contributed by atoms with Crippen LogP contribution in [0.15, 0.2) is 12.4 Å². The van der Waals surface area contributed by atoms with Crippen LogP contribution in [0.25, 0.3) is 0 Å². The lowest BCUT2D eigenvalue weighted by Gasteiger charge is -2.12. The van der Waals surface area contributed by atoms with Crippen molar-refractivity contribution in [3.05, 3.63) is 18.0 Å². The zero-order valence-electron chi connectivity index (χ0n) is 8.23. The Kier molecular flexibility index (Phi) is 2.43. The van der Waals surface area contributed by atoms with Gasteiger partial charge in [-0.2, -0.15) is 0 Å². The Balaban J connectivity index is 2.20. The van der Waals surface area contributed by atoms with E-state index >= 15 is 0 Å². The van der Waals surface area contributed by atoms with Gasteiger partial charge in [0.2, 0.25) is 11.9 Å². The van der Waals surface area contributed by atoms with Crippen LogP contribution in [-0.2, 0) is 11.2 Å². The SMILES string of the molecule is CCc1cnc(N2CCCC2=O)nc1. The Morgan fingerprint density at radius 1 is 1.43 bits per heavy atom. The first kappa shape index (κ1) is 9.12. The van der Waals surface area contributed by atoms with Crippen molar-refractivity contribution in [2.75, 3.05) is 11.4 Å². The van der Waals surface area contributed by atoms with Crippen molar-refractivity contribution in [1.29, 1.82) is 0 Å². The average molecular weight is 191 g/mol. The molecule has 1 aliphatic rings. The third-order valence-electron chi connectivity index (χ3n) is 2.41. The first-order chi connectivity index (χ1) is 6.81. The highest BCUT2D eigenvalue weighted by Crippen LogP contribution is 2.16. The van der Waals surface area contributed by atoms with Crippen LogP contribution in [-0.4, -0.2) is 22.4 Å². The van der Waals surface area contributed by atoms with Gasteiger partial charge in [-0.25, -0.2) is 9.97 Å². The van der Waals surface area contributed by atoms with Crippen molar-refractivity contribution in [3.8, 4) is 0 Å². The van der Waals surface area contributed by atoms with E-state index in [1.165, 1.54) is 0 Å². The highest BCUT2D eigenvalue weighted by molar-refractivity contribution is 5.93. The van der Waals surface area contributed by atoms with Crippen LogP contribution in [0, 0.1) is 0 Å². The van der Waals surface area contributed by atoms with Crippen LogP contribution in [0.2, 0.25) is 0 Å². The third kappa shape index (κ3) is 1.60. The van der Waals surface area contributed by atoms with Crippen molar-refractivity contribution < 1.29 is 4.79 Å². The molecular formula is C10H13N3O. The van der Waals surface area contributed by atoms with E-state index in [9.17, 15) is 4.79 Å². The molecule has 1 amide bonds. The second-order valence-electron chi connectivity index (χ2n) is 3.39. The van der Waals surface area contributed by atoms with Gasteiger partial charge in [-0.05, 0) is 18.4 Å². The molecule has 0 aromatic carbocycles. The summed E-state index contributed by atoms with van der Waals surface area (Å²) in [6, 6.07) is 0. The number of hydrogen-bond donors (Lipinski definition) is 0. The summed E-state index contributed by atoms with van der Waals surface area (Å²) in [5.74, 6) is 0.680. The van der Waals surface area contributed by atoms with E-state index in [0.29, 0.717) is 12.4 Å². The van der Waals surface area contributed by atoms with E-state index < -0.39 is 0 Å². The smallest absolute Gasteiger partial charge is 0.232 e. The number of nitrogens with zero attached hydrogens (tertiary/aromatic N) is 3. The maximum absolute atomic E-state index is 11.4. The van der Waals surface area contributed by atoms with Crippen LogP contribution in [0.1, 0.15) is 25.3 Å². The van der Waals surface area contributed by atoms with Crippen molar-refractivity contribution in [2.24, 2.45) is 0 Å². The molecule has 0 bridgehead atoms. The van der Waals surface area contributed by atoms with Gasteiger partial charge in [-0.3, -0.25) is 9.69 Å². The summed E-state index contributed by atoms with van der Waals surface area (Å²) in [5.41, 5.74) is 1.10. The lowest BCUT2D eigenvalue weighted by Crippen LogP contribution is -2.25. The van der Waals surface area contributed by atoms with Gasteiger partial charge in [-0.15, -0.1) is 0 Å². The van der Waals surface area contributed by atoms with Crippen molar-refractivity contribution in [2.45, 2.75) is 26.2 Å². The van der Waals surface area contributed by atoms with Crippen LogP contribution >= 0.6 is 0 Å². The molecule has 1 aromatic rings. The van der Waals surface area contributed by atoms with E-state index in [4.69, 9.17) is 0 Å². The Hall–Kier alpha value is -1.45.